The van der Waals surface area contributed by atoms with Crippen LogP contribution in [0.5, 0.6) is 0 Å². The van der Waals surface area contributed by atoms with Crippen LogP contribution in [0, 0.1) is 0 Å². The summed E-state index contributed by atoms with van der Waals surface area (Å²) in [6.45, 7) is 0.0851. The lowest BCUT2D eigenvalue weighted by Crippen LogP contribution is -2.37. The van der Waals surface area contributed by atoms with Gasteiger partial charge < -0.3 is 5.32 Å². The second-order valence-electron chi connectivity index (χ2n) is 6.56. The molecule has 1 saturated heterocycles. The highest BCUT2D eigenvalue weighted by atomic mass is 35.5. The number of carbonyl (C=O) groups is 3. The molecule has 162 valence electrons. The van der Waals surface area contributed by atoms with Crippen LogP contribution in [0.25, 0.3) is 11.8 Å². The van der Waals surface area contributed by atoms with Gasteiger partial charge in [0.05, 0.1) is 16.2 Å². The number of halogens is 2. The normalized spacial score (nSPS) is 14.9. The van der Waals surface area contributed by atoms with Crippen LogP contribution in [-0.4, -0.2) is 55.3 Å². The van der Waals surface area contributed by atoms with Crippen LogP contribution in [-0.2, 0) is 4.79 Å². The fourth-order valence-electron chi connectivity index (χ4n) is 2.94. The van der Waals surface area contributed by atoms with Crippen LogP contribution in [0.2, 0.25) is 10.0 Å². The minimum Gasteiger partial charge on any atom is -0.350 e. The van der Waals surface area contributed by atoms with E-state index in [9.17, 15) is 14.4 Å². The SMILES string of the molecule is O=C(NCCN1C(=O)S/C(=C\c2ccc(Cl)cc2)C1=O)c1cc(Cl)ccc1-n1cnnn1. The summed E-state index contributed by atoms with van der Waals surface area (Å²) < 4.78 is 1.34. The summed E-state index contributed by atoms with van der Waals surface area (Å²) in [7, 11) is 0. The Bertz CT molecular complexity index is 1210. The standard InChI is InChI=1S/C20H14Cl2N6O3S/c21-13-3-1-12(2-4-13)9-17-19(30)27(20(31)32-17)8-7-23-18(29)15-10-14(22)5-6-16(15)28-11-24-25-26-28/h1-6,9-11H,7-8H2,(H,23,29)/b17-9-. The van der Waals surface area contributed by atoms with Crippen molar-refractivity contribution in [1.82, 2.24) is 30.4 Å². The van der Waals surface area contributed by atoms with Gasteiger partial charge in [0.25, 0.3) is 17.1 Å². The first-order chi connectivity index (χ1) is 15.4. The molecule has 0 radical (unpaired) electrons. The minimum absolute atomic E-state index is 0.0230. The Morgan fingerprint density at radius 1 is 1.09 bits per heavy atom. The molecule has 0 saturated carbocycles. The van der Waals surface area contributed by atoms with E-state index in [1.807, 2.05) is 0 Å². The smallest absolute Gasteiger partial charge is 0.293 e. The Morgan fingerprint density at radius 3 is 2.56 bits per heavy atom. The average Bonchev–Trinajstić information content (AvgIpc) is 3.39. The van der Waals surface area contributed by atoms with Gasteiger partial charge in [-0.25, -0.2) is 0 Å². The molecule has 2 aromatic carbocycles. The third kappa shape index (κ3) is 4.82. The molecule has 1 fully saturated rings. The van der Waals surface area contributed by atoms with E-state index in [4.69, 9.17) is 23.2 Å². The maximum Gasteiger partial charge on any atom is 0.293 e. The highest BCUT2D eigenvalue weighted by molar-refractivity contribution is 8.18. The van der Waals surface area contributed by atoms with Gasteiger partial charge in [-0.1, -0.05) is 35.3 Å². The molecule has 12 heteroatoms. The summed E-state index contributed by atoms with van der Waals surface area (Å²) in [6.07, 6.45) is 2.98. The van der Waals surface area contributed by atoms with Crippen molar-refractivity contribution in [3.63, 3.8) is 0 Å². The molecule has 3 amide bonds. The summed E-state index contributed by atoms with van der Waals surface area (Å²) in [4.78, 5) is 39.0. The summed E-state index contributed by atoms with van der Waals surface area (Å²) in [6, 6.07) is 11.6. The molecule has 0 unspecified atom stereocenters. The van der Waals surface area contributed by atoms with Crippen molar-refractivity contribution in [3.05, 3.63) is 74.9 Å². The summed E-state index contributed by atoms with van der Waals surface area (Å²) in [5.74, 6) is -0.858. The fourth-order valence-corrected chi connectivity index (χ4v) is 4.10. The van der Waals surface area contributed by atoms with Crippen molar-refractivity contribution < 1.29 is 14.4 Å². The van der Waals surface area contributed by atoms with Crippen molar-refractivity contribution in [2.24, 2.45) is 0 Å². The topological polar surface area (TPSA) is 110 Å². The molecule has 3 aromatic rings. The third-order valence-electron chi connectivity index (χ3n) is 4.46. The van der Waals surface area contributed by atoms with Crippen molar-refractivity contribution in [2.75, 3.05) is 13.1 Å². The Kier molecular flexibility index (Phi) is 6.54. The van der Waals surface area contributed by atoms with E-state index in [1.54, 1.807) is 42.5 Å². The minimum atomic E-state index is -0.443. The fraction of sp³-hybridized carbons (Fsp3) is 0.100. The maximum absolute atomic E-state index is 12.7. The van der Waals surface area contributed by atoms with Crippen LogP contribution >= 0.6 is 35.0 Å². The molecule has 32 heavy (non-hydrogen) atoms. The van der Waals surface area contributed by atoms with Gasteiger partial charge in [-0.15, -0.1) is 5.10 Å². The highest BCUT2D eigenvalue weighted by Crippen LogP contribution is 2.32. The first-order valence-electron chi connectivity index (χ1n) is 9.24. The lowest BCUT2D eigenvalue weighted by Gasteiger charge is -2.14. The van der Waals surface area contributed by atoms with Crippen LogP contribution in [0.15, 0.2) is 53.7 Å². The molecule has 0 aliphatic carbocycles. The molecule has 4 rings (SSSR count). The number of aromatic nitrogens is 4. The predicted molar refractivity (Wildman–Crippen MR) is 121 cm³/mol. The van der Waals surface area contributed by atoms with Gasteiger partial charge in [-0.2, -0.15) is 4.68 Å². The van der Waals surface area contributed by atoms with Gasteiger partial charge >= 0.3 is 0 Å². The largest absolute Gasteiger partial charge is 0.350 e. The van der Waals surface area contributed by atoms with Gasteiger partial charge in [0.15, 0.2) is 0 Å². The van der Waals surface area contributed by atoms with Crippen molar-refractivity contribution in [3.8, 4) is 5.69 Å². The van der Waals surface area contributed by atoms with Gasteiger partial charge in [0.2, 0.25) is 0 Å². The monoisotopic (exact) mass is 488 g/mol. The van der Waals surface area contributed by atoms with Crippen LogP contribution in [0.4, 0.5) is 4.79 Å². The molecule has 1 N–H and O–H groups in total. The summed E-state index contributed by atoms with van der Waals surface area (Å²) in [5.41, 5.74) is 1.44. The van der Waals surface area contributed by atoms with E-state index in [1.165, 1.54) is 17.1 Å². The predicted octanol–water partition coefficient (Wildman–Crippen LogP) is 3.44. The molecule has 0 bridgehead atoms. The number of hydrogen-bond acceptors (Lipinski definition) is 7. The van der Waals surface area contributed by atoms with E-state index in [0.29, 0.717) is 20.6 Å². The molecule has 2 heterocycles. The van der Waals surface area contributed by atoms with Gasteiger partial charge in [-0.3, -0.25) is 19.3 Å². The second kappa shape index (κ2) is 9.51. The molecule has 1 aliphatic rings. The number of carbonyl (C=O) groups excluding carboxylic acids is 3. The van der Waals surface area contributed by atoms with Gasteiger partial charge in [-0.05, 0) is 64.2 Å². The van der Waals surface area contributed by atoms with E-state index in [0.717, 1.165) is 22.2 Å². The van der Waals surface area contributed by atoms with Crippen LogP contribution in [0.3, 0.4) is 0 Å². The zero-order chi connectivity index (χ0) is 22.7. The van der Waals surface area contributed by atoms with Crippen LogP contribution in [0.1, 0.15) is 15.9 Å². The lowest BCUT2D eigenvalue weighted by atomic mass is 10.1. The molecule has 9 nitrogen and oxygen atoms in total. The molecule has 1 aromatic heterocycles. The number of nitrogens with one attached hydrogen (secondary N) is 1. The second-order valence-corrected chi connectivity index (χ2v) is 8.42. The van der Waals surface area contributed by atoms with E-state index in [-0.39, 0.29) is 18.7 Å². The number of thioether (sulfide) groups is 1. The van der Waals surface area contributed by atoms with Crippen molar-refractivity contribution in [2.45, 2.75) is 0 Å². The summed E-state index contributed by atoms with van der Waals surface area (Å²) in [5, 5.41) is 14.2. The number of hydrogen-bond donors (Lipinski definition) is 1. The number of tetrazole rings is 1. The number of rotatable bonds is 6. The third-order valence-corrected chi connectivity index (χ3v) is 5.86. The number of nitrogens with zero attached hydrogens (tertiary/aromatic N) is 5. The van der Waals surface area contributed by atoms with Gasteiger partial charge in [0, 0.05) is 23.1 Å². The Labute approximate surface area is 196 Å². The van der Waals surface area contributed by atoms with E-state index >= 15 is 0 Å². The van der Waals surface area contributed by atoms with E-state index in [2.05, 4.69) is 20.8 Å². The molecule has 1 aliphatic heterocycles. The average molecular weight is 489 g/mol. The Morgan fingerprint density at radius 2 is 1.84 bits per heavy atom. The molecule has 0 spiro atoms. The summed E-state index contributed by atoms with van der Waals surface area (Å²) >= 11 is 12.8. The van der Waals surface area contributed by atoms with Gasteiger partial charge in [0.1, 0.15) is 6.33 Å². The van der Waals surface area contributed by atoms with Crippen molar-refractivity contribution >= 4 is 58.1 Å². The zero-order valence-electron chi connectivity index (χ0n) is 16.2. The number of imide groups is 1. The first-order valence-corrected chi connectivity index (χ1v) is 10.8. The molecular formula is C20H14Cl2N6O3S. The van der Waals surface area contributed by atoms with Crippen LogP contribution < -0.4 is 5.32 Å². The zero-order valence-corrected chi connectivity index (χ0v) is 18.6. The van der Waals surface area contributed by atoms with E-state index < -0.39 is 17.1 Å². The maximum atomic E-state index is 12.7. The number of benzene rings is 2. The quantitative estimate of drug-likeness (QED) is 0.529. The highest BCUT2D eigenvalue weighted by Gasteiger charge is 2.34. The lowest BCUT2D eigenvalue weighted by molar-refractivity contribution is -0.122. The molecular weight excluding hydrogens is 475 g/mol. The Hall–Kier alpha value is -3.21. The first kappa shape index (κ1) is 22.0. The molecule has 0 atom stereocenters. The van der Waals surface area contributed by atoms with Crippen molar-refractivity contribution in [1.29, 1.82) is 0 Å². The number of amides is 3. The Balaban J connectivity index is 1.41.